The van der Waals surface area contributed by atoms with Crippen molar-refractivity contribution in [3.05, 3.63) is 70.3 Å². The molecule has 0 bridgehead atoms. The Labute approximate surface area is 127 Å². The summed E-state index contributed by atoms with van der Waals surface area (Å²) in [5.41, 5.74) is 6.64. The van der Waals surface area contributed by atoms with E-state index in [0.29, 0.717) is 0 Å². The Morgan fingerprint density at radius 1 is 1.10 bits per heavy atom. The average Bonchev–Trinajstić information content (AvgIpc) is 2.47. The number of likely N-dealkylation sites (N-methyl/N-ethyl adjacent to an activating group) is 1. The Bertz CT molecular complexity index is 615. The minimum Gasteiger partial charge on any atom is -0.371 e. The Kier molecular flexibility index (Phi) is 4.09. The van der Waals surface area contributed by atoms with Crippen LogP contribution in [0.3, 0.4) is 0 Å². The molecule has 3 rings (SSSR count). The number of fused-ring (bicyclic) bond motifs is 1. The molecule has 0 saturated heterocycles. The van der Waals surface area contributed by atoms with Gasteiger partial charge in [-0.1, -0.05) is 53.6 Å². The number of hydrogen-bond donors (Lipinski definition) is 1. The molecule has 21 heavy (non-hydrogen) atoms. The monoisotopic (exact) mass is 281 g/mol. The SMILES string of the molecule is CNC(c1cc(C)cc(C)c1)C1OCCc2ccccc21. The number of ether oxygens (including phenoxy) is 1. The molecule has 110 valence electrons. The first-order valence-electron chi connectivity index (χ1n) is 7.64. The van der Waals surface area contributed by atoms with Crippen LogP contribution < -0.4 is 5.32 Å². The molecule has 1 N–H and O–H groups in total. The molecule has 0 aliphatic carbocycles. The molecule has 0 saturated carbocycles. The summed E-state index contributed by atoms with van der Waals surface area (Å²) in [4.78, 5) is 0. The number of nitrogens with one attached hydrogen (secondary N) is 1. The van der Waals surface area contributed by atoms with E-state index >= 15 is 0 Å². The standard InChI is InChI=1S/C19H23NO/c1-13-10-14(2)12-16(11-13)18(20-3)19-17-7-5-4-6-15(17)8-9-21-19/h4-7,10-12,18-20H,8-9H2,1-3H3. The van der Waals surface area contributed by atoms with E-state index in [2.05, 4.69) is 61.6 Å². The second kappa shape index (κ2) is 6.00. The van der Waals surface area contributed by atoms with Crippen LogP contribution in [0, 0.1) is 13.8 Å². The second-order valence-electron chi connectivity index (χ2n) is 5.93. The van der Waals surface area contributed by atoms with Crippen molar-refractivity contribution in [3.63, 3.8) is 0 Å². The third kappa shape index (κ3) is 2.87. The lowest BCUT2D eigenvalue weighted by Gasteiger charge is -2.33. The topological polar surface area (TPSA) is 21.3 Å². The first kappa shape index (κ1) is 14.3. The first-order valence-corrected chi connectivity index (χ1v) is 7.64. The van der Waals surface area contributed by atoms with Crippen LogP contribution >= 0.6 is 0 Å². The van der Waals surface area contributed by atoms with Crippen LogP contribution in [-0.2, 0) is 11.2 Å². The normalized spacial score (nSPS) is 19.1. The van der Waals surface area contributed by atoms with Gasteiger partial charge in [-0.05, 0) is 44.0 Å². The number of aryl methyl sites for hydroxylation is 2. The van der Waals surface area contributed by atoms with Crippen molar-refractivity contribution in [1.29, 1.82) is 0 Å². The zero-order valence-corrected chi connectivity index (χ0v) is 13.0. The van der Waals surface area contributed by atoms with Crippen molar-refractivity contribution >= 4 is 0 Å². The molecule has 0 aromatic heterocycles. The van der Waals surface area contributed by atoms with Crippen LogP contribution in [0.1, 0.15) is 40.0 Å². The van der Waals surface area contributed by atoms with Crippen LogP contribution in [0.5, 0.6) is 0 Å². The van der Waals surface area contributed by atoms with E-state index in [9.17, 15) is 0 Å². The highest BCUT2D eigenvalue weighted by Crippen LogP contribution is 2.37. The van der Waals surface area contributed by atoms with E-state index in [0.717, 1.165) is 13.0 Å². The summed E-state index contributed by atoms with van der Waals surface area (Å²) < 4.78 is 6.13. The molecule has 0 spiro atoms. The third-order valence-electron chi connectivity index (χ3n) is 4.25. The highest BCUT2D eigenvalue weighted by Gasteiger charge is 2.29. The van der Waals surface area contributed by atoms with Crippen LogP contribution in [0.2, 0.25) is 0 Å². The van der Waals surface area contributed by atoms with Gasteiger partial charge in [0.15, 0.2) is 0 Å². The smallest absolute Gasteiger partial charge is 0.102 e. The van der Waals surface area contributed by atoms with Crippen molar-refractivity contribution in [1.82, 2.24) is 5.32 Å². The Hall–Kier alpha value is -1.64. The highest BCUT2D eigenvalue weighted by atomic mass is 16.5. The maximum absolute atomic E-state index is 6.13. The third-order valence-corrected chi connectivity index (χ3v) is 4.25. The lowest BCUT2D eigenvalue weighted by molar-refractivity contribution is 0.0165. The molecule has 2 aromatic carbocycles. The first-order chi connectivity index (χ1) is 10.2. The van der Waals surface area contributed by atoms with E-state index < -0.39 is 0 Å². The molecule has 0 fully saturated rings. The van der Waals surface area contributed by atoms with Crippen LogP contribution in [0.4, 0.5) is 0 Å². The van der Waals surface area contributed by atoms with Gasteiger partial charge >= 0.3 is 0 Å². The fraction of sp³-hybridized carbons (Fsp3) is 0.368. The predicted octanol–water partition coefficient (Wildman–Crippen LogP) is 3.88. The minimum atomic E-state index is 0.0844. The number of rotatable bonds is 3. The van der Waals surface area contributed by atoms with Crippen LogP contribution in [-0.4, -0.2) is 13.7 Å². The largest absolute Gasteiger partial charge is 0.371 e. The summed E-state index contributed by atoms with van der Waals surface area (Å²) in [7, 11) is 2.02. The molecule has 2 unspecified atom stereocenters. The zero-order valence-electron chi connectivity index (χ0n) is 13.0. The Balaban J connectivity index is 2.01. The molecule has 1 aliphatic heterocycles. The fourth-order valence-electron chi connectivity index (χ4n) is 3.38. The fourth-order valence-corrected chi connectivity index (χ4v) is 3.38. The van der Waals surface area contributed by atoms with Gasteiger partial charge in [0.1, 0.15) is 6.10 Å². The van der Waals surface area contributed by atoms with Crippen molar-refractivity contribution in [2.24, 2.45) is 0 Å². The molecule has 0 amide bonds. The summed E-state index contributed by atoms with van der Waals surface area (Å²) in [5, 5.41) is 3.46. The summed E-state index contributed by atoms with van der Waals surface area (Å²) in [5.74, 6) is 0. The van der Waals surface area contributed by atoms with Gasteiger partial charge in [0, 0.05) is 0 Å². The summed E-state index contributed by atoms with van der Waals surface area (Å²) >= 11 is 0. The summed E-state index contributed by atoms with van der Waals surface area (Å²) in [6.45, 7) is 5.10. The Morgan fingerprint density at radius 3 is 2.52 bits per heavy atom. The van der Waals surface area contributed by atoms with Crippen LogP contribution in [0.25, 0.3) is 0 Å². The van der Waals surface area contributed by atoms with Gasteiger partial charge in [0.2, 0.25) is 0 Å². The molecule has 2 heteroatoms. The van der Waals surface area contributed by atoms with Gasteiger partial charge in [0.25, 0.3) is 0 Å². The lowest BCUT2D eigenvalue weighted by atomic mass is 9.89. The molecular weight excluding hydrogens is 258 g/mol. The average molecular weight is 281 g/mol. The van der Waals surface area contributed by atoms with Crippen LogP contribution in [0.15, 0.2) is 42.5 Å². The summed E-state index contributed by atoms with van der Waals surface area (Å²) in [6.07, 6.45) is 1.09. The molecule has 1 aliphatic rings. The molecule has 1 heterocycles. The summed E-state index contributed by atoms with van der Waals surface area (Å²) in [6, 6.07) is 15.6. The molecule has 0 radical (unpaired) electrons. The van der Waals surface area contributed by atoms with Gasteiger partial charge in [-0.3, -0.25) is 0 Å². The van der Waals surface area contributed by atoms with Crippen molar-refractivity contribution in [2.75, 3.05) is 13.7 Å². The van der Waals surface area contributed by atoms with Gasteiger partial charge in [-0.15, -0.1) is 0 Å². The quantitative estimate of drug-likeness (QED) is 0.922. The van der Waals surface area contributed by atoms with Gasteiger partial charge in [0.05, 0.1) is 12.6 Å². The van der Waals surface area contributed by atoms with E-state index in [4.69, 9.17) is 4.74 Å². The van der Waals surface area contributed by atoms with Crippen molar-refractivity contribution in [3.8, 4) is 0 Å². The van der Waals surface area contributed by atoms with E-state index in [1.54, 1.807) is 0 Å². The van der Waals surface area contributed by atoms with Gasteiger partial charge in [-0.25, -0.2) is 0 Å². The van der Waals surface area contributed by atoms with Crippen molar-refractivity contribution in [2.45, 2.75) is 32.4 Å². The van der Waals surface area contributed by atoms with Crippen molar-refractivity contribution < 1.29 is 4.74 Å². The minimum absolute atomic E-state index is 0.0844. The van der Waals surface area contributed by atoms with E-state index in [-0.39, 0.29) is 12.1 Å². The molecular formula is C19H23NO. The van der Waals surface area contributed by atoms with E-state index in [1.165, 1.54) is 27.8 Å². The number of benzene rings is 2. The molecule has 2 aromatic rings. The maximum atomic E-state index is 6.13. The second-order valence-corrected chi connectivity index (χ2v) is 5.93. The number of hydrogen-bond acceptors (Lipinski definition) is 2. The van der Waals surface area contributed by atoms with Gasteiger partial charge < -0.3 is 10.1 Å². The maximum Gasteiger partial charge on any atom is 0.102 e. The molecule has 2 nitrogen and oxygen atoms in total. The predicted molar refractivity (Wildman–Crippen MR) is 86.6 cm³/mol. The van der Waals surface area contributed by atoms with Gasteiger partial charge in [-0.2, -0.15) is 0 Å². The van der Waals surface area contributed by atoms with E-state index in [1.807, 2.05) is 7.05 Å². The highest BCUT2D eigenvalue weighted by molar-refractivity contribution is 5.36. The zero-order chi connectivity index (χ0) is 14.8. The Morgan fingerprint density at radius 2 is 1.81 bits per heavy atom. The lowest BCUT2D eigenvalue weighted by Crippen LogP contribution is -2.29. The molecule has 2 atom stereocenters.